The Labute approximate surface area is 170 Å². The zero-order valence-electron chi connectivity index (χ0n) is 14.6. The van der Waals surface area contributed by atoms with Gasteiger partial charge in [-0.1, -0.05) is 17.7 Å². The van der Waals surface area contributed by atoms with Gasteiger partial charge in [0.1, 0.15) is 12.4 Å². The van der Waals surface area contributed by atoms with E-state index in [1.807, 2.05) is 0 Å². The number of nitrogens with one attached hydrogen (secondary N) is 2. The lowest BCUT2D eigenvalue weighted by atomic mass is 10.1. The molecule has 1 heterocycles. The van der Waals surface area contributed by atoms with E-state index in [0.29, 0.717) is 32.6 Å². The van der Waals surface area contributed by atoms with Crippen molar-refractivity contribution in [3.05, 3.63) is 75.4 Å². The molecule has 0 fully saturated rings. The standard InChI is InChI=1S/C20H17ClN2O4S/c21-16-8-3-13(12-17(16)23-20(26)18-2-1-11-28-18)19(25)22-14-4-6-15(7-5-14)27-10-9-24/h1-8,11-12,24H,9-10H2,(H,22,25)(H,23,26). The minimum absolute atomic E-state index is 0.0690. The fourth-order valence-corrected chi connectivity index (χ4v) is 3.14. The number of aliphatic hydroxyl groups is 1. The SMILES string of the molecule is O=C(Nc1ccc(OCCO)cc1)c1ccc(Cl)c(NC(=O)c2cccs2)c1. The molecule has 28 heavy (non-hydrogen) atoms. The number of ether oxygens (including phenoxy) is 1. The van der Waals surface area contributed by atoms with Crippen molar-refractivity contribution in [2.45, 2.75) is 0 Å². The van der Waals surface area contributed by atoms with Gasteiger partial charge < -0.3 is 20.5 Å². The maximum atomic E-state index is 12.5. The number of hydrogen-bond acceptors (Lipinski definition) is 5. The van der Waals surface area contributed by atoms with Gasteiger partial charge in [0.05, 0.1) is 22.2 Å². The molecule has 0 aliphatic carbocycles. The number of aliphatic hydroxyl groups excluding tert-OH is 1. The van der Waals surface area contributed by atoms with Gasteiger partial charge in [0.15, 0.2) is 0 Å². The summed E-state index contributed by atoms with van der Waals surface area (Å²) in [4.78, 5) is 25.3. The summed E-state index contributed by atoms with van der Waals surface area (Å²) in [6.07, 6.45) is 0. The first-order valence-corrected chi connectivity index (χ1v) is 9.62. The second-order valence-corrected chi connectivity index (χ2v) is 7.03. The quantitative estimate of drug-likeness (QED) is 0.536. The van der Waals surface area contributed by atoms with Gasteiger partial charge in [-0.25, -0.2) is 0 Å². The molecule has 8 heteroatoms. The Bertz CT molecular complexity index is 959. The molecule has 144 valence electrons. The Morgan fingerprint density at radius 1 is 1.04 bits per heavy atom. The van der Waals surface area contributed by atoms with Gasteiger partial charge in [-0.05, 0) is 53.9 Å². The number of rotatable bonds is 7. The summed E-state index contributed by atoms with van der Waals surface area (Å²) in [6, 6.07) is 14.9. The topological polar surface area (TPSA) is 87.7 Å². The summed E-state index contributed by atoms with van der Waals surface area (Å²) < 4.78 is 5.28. The summed E-state index contributed by atoms with van der Waals surface area (Å²) in [5.74, 6) is -0.0302. The summed E-state index contributed by atoms with van der Waals surface area (Å²) >= 11 is 7.47. The molecule has 0 unspecified atom stereocenters. The number of carbonyl (C=O) groups is 2. The highest BCUT2D eigenvalue weighted by Gasteiger charge is 2.13. The van der Waals surface area contributed by atoms with E-state index < -0.39 is 0 Å². The van der Waals surface area contributed by atoms with E-state index in [2.05, 4.69) is 10.6 Å². The van der Waals surface area contributed by atoms with Crippen LogP contribution in [0, 0.1) is 0 Å². The smallest absolute Gasteiger partial charge is 0.265 e. The average molecular weight is 417 g/mol. The normalized spacial score (nSPS) is 10.4. The van der Waals surface area contributed by atoms with E-state index in [9.17, 15) is 9.59 Å². The van der Waals surface area contributed by atoms with Gasteiger partial charge in [0, 0.05) is 11.3 Å². The van der Waals surface area contributed by atoms with Crippen LogP contribution < -0.4 is 15.4 Å². The monoisotopic (exact) mass is 416 g/mol. The average Bonchev–Trinajstić information content (AvgIpc) is 3.24. The van der Waals surface area contributed by atoms with Crippen molar-refractivity contribution >= 4 is 46.1 Å². The first-order chi connectivity index (χ1) is 13.6. The Morgan fingerprint density at radius 2 is 1.82 bits per heavy atom. The molecular weight excluding hydrogens is 400 g/mol. The fraction of sp³-hybridized carbons (Fsp3) is 0.100. The van der Waals surface area contributed by atoms with Crippen molar-refractivity contribution < 1.29 is 19.4 Å². The molecule has 0 aliphatic heterocycles. The van der Waals surface area contributed by atoms with Crippen molar-refractivity contribution in [1.29, 1.82) is 0 Å². The Morgan fingerprint density at radius 3 is 2.50 bits per heavy atom. The van der Waals surface area contributed by atoms with Crippen molar-refractivity contribution in [2.24, 2.45) is 0 Å². The molecule has 0 atom stereocenters. The highest BCUT2D eigenvalue weighted by atomic mass is 35.5. The number of thiophene rings is 1. The van der Waals surface area contributed by atoms with E-state index >= 15 is 0 Å². The van der Waals surface area contributed by atoms with Gasteiger partial charge in [0.2, 0.25) is 0 Å². The third-order valence-corrected chi connectivity index (χ3v) is 4.89. The third-order valence-electron chi connectivity index (χ3n) is 3.69. The summed E-state index contributed by atoms with van der Waals surface area (Å²) in [6.45, 7) is 0.136. The van der Waals surface area contributed by atoms with E-state index in [4.69, 9.17) is 21.4 Å². The molecule has 0 bridgehead atoms. The molecule has 0 saturated heterocycles. The van der Waals surface area contributed by atoms with Crippen LogP contribution in [0.5, 0.6) is 5.75 Å². The summed E-state index contributed by atoms with van der Waals surface area (Å²) in [7, 11) is 0. The van der Waals surface area contributed by atoms with E-state index in [1.54, 1.807) is 53.9 Å². The minimum atomic E-state index is -0.340. The first-order valence-electron chi connectivity index (χ1n) is 8.36. The molecule has 6 nitrogen and oxygen atoms in total. The van der Waals surface area contributed by atoms with Crippen LogP contribution in [0.4, 0.5) is 11.4 Å². The molecule has 3 N–H and O–H groups in total. The Kier molecular flexibility index (Phi) is 6.65. The van der Waals surface area contributed by atoms with Crippen LogP contribution in [0.2, 0.25) is 5.02 Å². The molecule has 0 aliphatic rings. The number of amides is 2. The lowest BCUT2D eigenvalue weighted by molar-refractivity contribution is 0.101. The lowest BCUT2D eigenvalue weighted by Gasteiger charge is -2.10. The molecule has 2 aromatic carbocycles. The molecular formula is C20H17ClN2O4S. The van der Waals surface area contributed by atoms with Crippen LogP contribution in [0.3, 0.4) is 0 Å². The molecule has 0 spiro atoms. The Balaban J connectivity index is 1.69. The number of benzene rings is 2. The Hall–Kier alpha value is -2.87. The van der Waals surface area contributed by atoms with Crippen molar-refractivity contribution in [3.63, 3.8) is 0 Å². The zero-order chi connectivity index (χ0) is 19.9. The molecule has 3 rings (SSSR count). The van der Waals surface area contributed by atoms with E-state index in [1.165, 1.54) is 17.4 Å². The van der Waals surface area contributed by atoms with Crippen LogP contribution in [-0.2, 0) is 0 Å². The first kappa shape index (κ1) is 19.9. The minimum Gasteiger partial charge on any atom is -0.491 e. The van der Waals surface area contributed by atoms with Gasteiger partial charge in [-0.15, -0.1) is 11.3 Å². The number of carbonyl (C=O) groups excluding carboxylic acids is 2. The number of halogens is 1. The predicted molar refractivity (Wildman–Crippen MR) is 111 cm³/mol. The van der Waals surface area contributed by atoms with E-state index in [0.717, 1.165) is 0 Å². The predicted octanol–water partition coefficient (Wildman–Crippen LogP) is 4.28. The number of hydrogen-bond donors (Lipinski definition) is 3. The molecule has 2 amide bonds. The van der Waals surface area contributed by atoms with Gasteiger partial charge in [-0.2, -0.15) is 0 Å². The molecule has 1 aromatic heterocycles. The molecule has 0 radical (unpaired) electrons. The van der Waals surface area contributed by atoms with Crippen LogP contribution >= 0.6 is 22.9 Å². The fourth-order valence-electron chi connectivity index (χ4n) is 2.36. The second-order valence-electron chi connectivity index (χ2n) is 5.68. The zero-order valence-corrected chi connectivity index (χ0v) is 16.2. The van der Waals surface area contributed by atoms with Crippen LogP contribution in [0.1, 0.15) is 20.0 Å². The van der Waals surface area contributed by atoms with Crippen molar-refractivity contribution in [2.75, 3.05) is 23.8 Å². The second kappa shape index (κ2) is 9.36. The van der Waals surface area contributed by atoms with E-state index in [-0.39, 0.29) is 25.0 Å². The van der Waals surface area contributed by atoms with Crippen molar-refractivity contribution in [3.8, 4) is 5.75 Å². The summed E-state index contributed by atoms with van der Waals surface area (Å²) in [5.41, 5.74) is 1.30. The highest BCUT2D eigenvalue weighted by molar-refractivity contribution is 7.12. The van der Waals surface area contributed by atoms with Gasteiger partial charge in [0.25, 0.3) is 11.8 Å². The molecule has 3 aromatic rings. The number of anilines is 2. The lowest BCUT2D eigenvalue weighted by Crippen LogP contribution is -2.14. The largest absolute Gasteiger partial charge is 0.491 e. The van der Waals surface area contributed by atoms with Gasteiger partial charge >= 0.3 is 0 Å². The van der Waals surface area contributed by atoms with Crippen LogP contribution in [0.15, 0.2) is 60.0 Å². The van der Waals surface area contributed by atoms with Crippen LogP contribution in [0.25, 0.3) is 0 Å². The maximum Gasteiger partial charge on any atom is 0.265 e. The van der Waals surface area contributed by atoms with Gasteiger partial charge in [-0.3, -0.25) is 9.59 Å². The molecule has 0 saturated carbocycles. The third kappa shape index (κ3) is 5.10. The van der Waals surface area contributed by atoms with Crippen molar-refractivity contribution in [1.82, 2.24) is 0 Å². The summed E-state index contributed by atoms with van der Waals surface area (Å²) in [5, 5.41) is 16.4. The highest BCUT2D eigenvalue weighted by Crippen LogP contribution is 2.25. The van der Waals surface area contributed by atoms with Crippen LogP contribution in [-0.4, -0.2) is 30.1 Å². The maximum absolute atomic E-state index is 12.5.